The maximum atomic E-state index is 12.7. The van der Waals surface area contributed by atoms with E-state index in [-0.39, 0.29) is 24.2 Å². The van der Waals surface area contributed by atoms with E-state index in [1.165, 1.54) is 13.1 Å². The van der Waals surface area contributed by atoms with Crippen LogP contribution in [0.5, 0.6) is 5.75 Å². The van der Waals surface area contributed by atoms with Gasteiger partial charge < -0.3 is 15.3 Å². The molecule has 3 rings (SSSR count). The quantitative estimate of drug-likeness (QED) is 0.402. The fourth-order valence-electron chi connectivity index (χ4n) is 5.20. The summed E-state index contributed by atoms with van der Waals surface area (Å²) in [6, 6.07) is 4.85. The van der Waals surface area contributed by atoms with Crippen LogP contribution in [-0.2, 0) is 9.59 Å². The summed E-state index contributed by atoms with van der Waals surface area (Å²) in [4.78, 5) is 26.3. The molecular weight excluding hydrogens is 430 g/mol. The number of benzene rings is 1. The van der Waals surface area contributed by atoms with E-state index in [0.29, 0.717) is 29.9 Å². The van der Waals surface area contributed by atoms with Crippen molar-refractivity contribution in [2.45, 2.75) is 52.1 Å². The number of hydrogen-bond donors (Lipinski definition) is 3. The van der Waals surface area contributed by atoms with E-state index in [4.69, 9.17) is 11.6 Å². The molecule has 2 amide bonds. The summed E-state index contributed by atoms with van der Waals surface area (Å²) in [6.45, 7) is 3.68. The van der Waals surface area contributed by atoms with Crippen LogP contribution in [0.1, 0.15) is 51.5 Å². The number of phenolic OH excluding ortho intramolecular Hbond substituents is 1. The molecule has 0 bridgehead atoms. The predicted molar refractivity (Wildman–Crippen MR) is 124 cm³/mol. The van der Waals surface area contributed by atoms with Gasteiger partial charge in [0.15, 0.2) is 0 Å². The number of carbonyl (C=O) groups excluding carboxylic acids is 2. The van der Waals surface area contributed by atoms with Gasteiger partial charge in [-0.1, -0.05) is 42.2 Å². The van der Waals surface area contributed by atoms with Gasteiger partial charge in [0, 0.05) is 13.0 Å². The molecule has 0 saturated carbocycles. The zero-order chi connectivity index (χ0) is 23.6. The minimum Gasteiger partial charge on any atom is -0.508 e. The summed E-state index contributed by atoms with van der Waals surface area (Å²) in [5, 5.41) is 31.2. The molecule has 32 heavy (non-hydrogen) atoms. The van der Waals surface area contributed by atoms with Crippen LogP contribution in [0.4, 0.5) is 0 Å². The van der Waals surface area contributed by atoms with Gasteiger partial charge in [-0.15, -0.1) is 0 Å². The molecule has 1 aromatic carbocycles. The van der Waals surface area contributed by atoms with Gasteiger partial charge in [0.1, 0.15) is 5.75 Å². The van der Waals surface area contributed by atoms with Crippen LogP contribution >= 0.6 is 11.6 Å². The Hall–Kier alpha value is -2.15. The van der Waals surface area contributed by atoms with Gasteiger partial charge in [0.2, 0.25) is 11.8 Å². The first kappa shape index (κ1) is 24.5. The Morgan fingerprint density at radius 2 is 2.00 bits per heavy atom. The molecular formula is C25H32ClNO5. The van der Waals surface area contributed by atoms with E-state index in [9.17, 15) is 24.9 Å². The van der Waals surface area contributed by atoms with Crippen LogP contribution in [-0.4, -0.2) is 51.8 Å². The van der Waals surface area contributed by atoms with Gasteiger partial charge in [-0.05, 0) is 61.9 Å². The number of phenols is 1. The van der Waals surface area contributed by atoms with Crippen molar-refractivity contribution in [3.63, 3.8) is 0 Å². The van der Waals surface area contributed by atoms with Crippen LogP contribution < -0.4 is 0 Å². The number of halogens is 1. The van der Waals surface area contributed by atoms with Crippen molar-refractivity contribution in [1.29, 1.82) is 0 Å². The van der Waals surface area contributed by atoms with Gasteiger partial charge in [-0.3, -0.25) is 14.5 Å². The zero-order valence-electron chi connectivity index (χ0n) is 18.8. The second-order valence-electron chi connectivity index (χ2n) is 8.91. The van der Waals surface area contributed by atoms with E-state index < -0.39 is 23.9 Å². The summed E-state index contributed by atoms with van der Waals surface area (Å²) in [6.07, 6.45) is 4.47. The molecule has 1 heterocycles. The molecule has 1 aliphatic carbocycles. The highest BCUT2D eigenvalue weighted by molar-refractivity contribution is 6.32. The topological polar surface area (TPSA) is 98.1 Å². The lowest BCUT2D eigenvalue weighted by Gasteiger charge is -2.35. The highest BCUT2D eigenvalue weighted by Gasteiger charge is 2.53. The van der Waals surface area contributed by atoms with Gasteiger partial charge in [0.05, 0.1) is 29.6 Å². The Labute approximate surface area is 194 Å². The average molecular weight is 462 g/mol. The number of imide groups is 1. The maximum absolute atomic E-state index is 12.7. The van der Waals surface area contributed by atoms with Crippen LogP contribution in [0, 0.1) is 17.8 Å². The lowest BCUT2D eigenvalue weighted by Crippen LogP contribution is -2.38. The lowest BCUT2D eigenvalue weighted by atomic mass is 9.68. The number of allylic oxidation sites excluding steroid dienone is 2. The molecule has 7 heteroatoms. The summed E-state index contributed by atoms with van der Waals surface area (Å²) >= 11 is 6.25. The number of fused-ring (bicyclic) bond motifs is 1. The highest BCUT2D eigenvalue weighted by atomic mass is 35.5. The van der Waals surface area contributed by atoms with E-state index in [1.54, 1.807) is 12.1 Å². The Balaban J connectivity index is 1.80. The van der Waals surface area contributed by atoms with Crippen molar-refractivity contribution in [3.05, 3.63) is 45.5 Å². The predicted octanol–water partition coefficient (Wildman–Crippen LogP) is 3.93. The number of nitrogens with zero attached hydrogens (tertiary/aromatic N) is 1. The summed E-state index contributed by atoms with van der Waals surface area (Å²) in [5.41, 5.74) is 3.52. The number of hydrogen-bond acceptors (Lipinski definition) is 5. The van der Waals surface area contributed by atoms with Crippen molar-refractivity contribution >= 4 is 29.5 Å². The largest absolute Gasteiger partial charge is 0.508 e. The molecule has 2 aliphatic rings. The molecule has 174 valence electrons. The molecule has 4 atom stereocenters. The monoisotopic (exact) mass is 461 g/mol. The number of aliphatic hydroxyl groups is 2. The first-order chi connectivity index (χ1) is 15.2. The second kappa shape index (κ2) is 10.2. The maximum Gasteiger partial charge on any atom is 0.233 e. The summed E-state index contributed by atoms with van der Waals surface area (Å²) < 4.78 is 0. The molecule has 0 aromatic heterocycles. The summed E-state index contributed by atoms with van der Waals surface area (Å²) in [7, 11) is 1.49. The van der Waals surface area contributed by atoms with Crippen molar-refractivity contribution in [1.82, 2.24) is 4.90 Å². The second-order valence-corrected chi connectivity index (χ2v) is 9.32. The van der Waals surface area contributed by atoms with E-state index in [1.807, 2.05) is 13.0 Å². The number of carbonyl (C=O) groups is 2. The minimum absolute atomic E-state index is 0.110. The first-order valence-corrected chi connectivity index (χ1v) is 11.5. The Bertz CT molecular complexity index is 954. The summed E-state index contributed by atoms with van der Waals surface area (Å²) in [5.74, 6) is -1.97. The molecule has 0 unspecified atom stereocenters. The van der Waals surface area contributed by atoms with Crippen LogP contribution in [0.3, 0.4) is 0 Å². The van der Waals surface area contributed by atoms with Crippen molar-refractivity contribution < 1.29 is 24.9 Å². The number of amides is 2. The standard InChI is InChI=1S/C25H32ClNO5/c1-4-5-15(11-16-7-8-17(29)12-20(16)26)6-9-21(30)22-14(2)10-18-23(19(22)13-28)25(32)27(3)24(18)31/h7-8,11-12,18-19,21,23,28-30H,4-6,9-10,13H2,1-3H3/b15-11+/t18-,19+,21-,23-/m1/s1. The fraction of sp³-hybridized carbons (Fsp3) is 0.520. The molecule has 3 N–H and O–H groups in total. The normalized spacial score (nSPS) is 24.9. The average Bonchev–Trinajstić information content (AvgIpc) is 2.96. The fourth-order valence-corrected chi connectivity index (χ4v) is 5.42. The first-order valence-electron chi connectivity index (χ1n) is 11.2. The van der Waals surface area contributed by atoms with Crippen LogP contribution in [0.2, 0.25) is 5.02 Å². The third-order valence-corrected chi connectivity index (χ3v) is 7.09. The van der Waals surface area contributed by atoms with Crippen LogP contribution in [0.15, 0.2) is 34.9 Å². The highest BCUT2D eigenvalue weighted by Crippen LogP contribution is 2.45. The minimum atomic E-state index is -0.808. The number of likely N-dealkylation sites (tertiary alicyclic amines) is 1. The number of rotatable bonds is 8. The van der Waals surface area contributed by atoms with E-state index in [2.05, 4.69) is 6.92 Å². The zero-order valence-corrected chi connectivity index (χ0v) is 19.6. The lowest BCUT2D eigenvalue weighted by molar-refractivity contribution is -0.138. The van der Waals surface area contributed by atoms with Crippen molar-refractivity contribution in [3.8, 4) is 5.75 Å². The van der Waals surface area contributed by atoms with Crippen molar-refractivity contribution in [2.24, 2.45) is 17.8 Å². The van der Waals surface area contributed by atoms with E-state index in [0.717, 1.165) is 34.5 Å². The smallest absolute Gasteiger partial charge is 0.233 e. The SMILES string of the molecule is CCC/C(=C\c1ccc(O)cc1Cl)CC[C@@H](O)C1=C(C)C[C@H]2C(=O)N(C)C(=O)[C@H]2[C@H]1CO. The van der Waals surface area contributed by atoms with Crippen LogP contribution in [0.25, 0.3) is 6.08 Å². The van der Waals surface area contributed by atoms with Gasteiger partial charge in [-0.2, -0.15) is 0 Å². The number of aromatic hydroxyl groups is 1. The molecule has 6 nitrogen and oxygen atoms in total. The third-order valence-electron chi connectivity index (χ3n) is 6.76. The Kier molecular flexibility index (Phi) is 7.80. The molecule has 0 spiro atoms. The van der Waals surface area contributed by atoms with E-state index >= 15 is 0 Å². The van der Waals surface area contributed by atoms with Gasteiger partial charge in [-0.25, -0.2) is 0 Å². The molecule has 1 aromatic rings. The van der Waals surface area contributed by atoms with Gasteiger partial charge in [0.25, 0.3) is 0 Å². The molecule has 1 aliphatic heterocycles. The molecule has 0 radical (unpaired) electrons. The van der Waals surface area contributed by atoms with Crippen molar-refractivity contribution in [2.75, 3.05) is 13.7 Å². The molecule has 1 fully saturated rings. The number of aliphatic hydroxyl groups excluding tert-OH is 2. The third kappa shape index (κ3) is 4.77. The Morgan fingerprint density at radius 1 is 1.28 bits per heavy atom. The Morgan fingerprint density at radius 3 is 2.62 bits per heavy atom. The van der Waals surface area contributed by atoms with Gasteiger partial charge >= 0.3 is 0 Å². The molecule has 1 saturated heterocycles.